The highest BCUT2D eigenvalue weighted by atomic mass is 16.5. The van der Waals surface area contributed by atoms with Crippen LogP contribution in [-0.4, -0.2) is 37.3 Å². The summed E-state index contributed by atoms with van der Waals surface area (Å²) in [6, 6.07) is 16.9. The molecule has 1 fully saturated rings. The molecule has 2 aromatic rings. The first-order valence-electron chi connectivity index (χ1n) is 8.10. The normalized spacial score (nSPS) is 18.2. The Hall–Kier alpha value is -2.53. The topological polar surface area (TPSA) is 61.8 Å². The van der Waals surface area contributed by atoms with Gasteiger partial charge in [0.15, 0.2) is 6.10 Å². The third-order valence-corrected chi connectivity index (χ3v) is 4.32. The fourth-order valence-electron chi connectivity index (χ4n) is 3.05. The highest BCUT2D eigenvalue weighted by Crippen LogP contribution is 2.30. The first-order valence-corrected chi connectivity index (χ1v) is 8.10. The molecule has 5 heteroatoms. The minimum Gasteiger partial charge on any atom is -0.495 e. The second-order valence-corrected chi connectivity index (χ2v) is 5.93. The van der Waals surface area contributed by atoms with Gasteiger partial charge in [-0.3, -0.25) is 4.79 Å². The first-order chi connectivity index (χ1) is 11.7. The number of nitrogens with one attached hydrogen (secondary N) is 1. The van der Waals surface area contributed by atoms with Crippen LogP contribution >= 0.6 is 0 Å². The van der Waals surface area contributed by atoms with Crippen molar-refractivity contribution >= 4 is 11.6 Å². The molecule has 2 N–H and O–H groups in total. The Balaban J connectivity index is 1.61. The van der Waals surface area contributed by atoms with Crippen LogP contribution in [0.4, 0.5) is 5.69 Å². The van der Waals surface area contributed by atoms with Crippen LogP contribution in [0.25, 0.3) is 0 Å². The van der Waals surface area contributed by atoms with Crippen LogP contribution in [0.2, 0.25) is 0 Å². The number of rotatable bonds is 5. The van der Waals surface area contributed by atoms with Crippen molar-refractivity contribution in [2.75, 3.05) is 25.1 Å². The van der Waals surface area contributed by atoms with E-state index < -0.39 is 6.10 Å². The number of carbonyl (C=O) groups excluding carboxylic acids is 1. The molecule has 2 atom stereocenters. The zero-order chi connectivity index (χ0) is 16.9. The highest BCUT2D eigenvalue weighted by Gasteiger charge is 2.28. The molecule has 1 saturated heterocycles. The number of methoxy groups -OCH3 is 1. The van der Waals surface area contributed by atoms with Crippen LogP contribution in [0.3, 0.4) is 0 Å². The summed E-state index contributed by atoms with van der Waals surface area (Å²) in [5.41, 5.74) is 1.63. The summed E-state index contributed by atoms with van der Waals surface area (Å²) in [6.45, 7) is 1.54. The van der Waals surface area contributed by atoms with E-state index in [9.17, 15) is 9.90 Å². The molecule has 1 heterocycles. The molecule has 24 heavy (non-hydrogen) atoms. The van der Waals surface area contributed by atoms with Gasteiger partial charge >= 0.3 is 0 Å². The van der Waals surface area contributed by atoms with E-state index in [1.807, 2.05) is 42.5 Å². The molecule has 5 nitrogen and oxygen atoms in total. The smallest absolute Gasteiger partial charge is 0.253 e. The Morgan fingerprint density at radius 3 is 2.67 bits per heavy atom. The maximum Gasteiger partial charge on any atom is 0.253 e. The second kappa shape index (κ2) is 7.36. The first kappa shape index (κ1) is 16.3. The van der Waals surface area contributed by atoms with Crippen molar-refractivity contribution in [2.24, 2.45) is 0 Å². The molecule has 0 bridgehead atoms. The van der Waals surface area contributed by atoms with Gasteiger partial charge in [0.05, 0.1) is 12.8 Å². The molecule has 0 spiro atoms. The molecule has 2 unspecified atom stereocenters. The summed E-state index contributed by atoms with van der Waals surface area (Å²) in [5.74, 6) is 0.474. The number of aliphatic hydroxyl groups is 1. The number of benzene rings is 2. The molecule has 3 rings (SSSR count). The van der Waals surface area contributed by atoms with Crippen LogP contribution in [0.5, 0.6) is 5.75 Å². The molecule has 1 aliphatic rings. The average Bonchev–Trinajstić information content (AvgIpc) is 3.10. The Morgan fingerprint density at radius 2 is 1.92 bits per heavy atom. The lowest BCUT2D eigenvalue weighted by Gasteiger charge is -2.22. The van der Waals surface area contributed by atoms with E-state index >= 15 is 0 Å². The van der Waals surface area contributed by atoms with E-state index in [-0.39, 0.29) is 11.9 Å². The van der Waals surface area contributed by atoms with E-state index in [1.54, 1.807) is 19.2 Å². The number of aliphatic hydroxyl groups excluding tert-OH is 1. The number of anilines is 1. The van der Waals surface area contributed by atoms with Gasteiger partial charge in [-0.15, -0.1) is 0 Å². The van der Waals surface area contributed by atoms with Gasteiger partial charge in [-0.05, 0) is 24.1 Å². The number of ether oxygens (including phenoxy) is 1. The van der Waals surface area contributed by atoms with Crippen molar-refractivity contribution in [3.05, 3.63) is 60.2 Å². The summed E-state index contributed by atoms with van der Waals surface area (Å²) >= 11 is 0. The van der Waals surface area contributed by atoms with Crippen molar-refractivity contribution < 1.29 is 14.6 Å². The van der Waals surface area contributed by atoms with Crippen LogP contribution in [-0.2, 0) is 4.79 Å². The van der Waals surface area contributed by atoms with E-state index in [0.29, 0.717) is 12.1 Å². The fraction of sp³-hybridized carbons (Fsp3) is 0.316. The van der Waals surface area contributed by atoms with Crippen molar-refractivity contribution in [1.82, 2.24) is 5.32 Å². The quantitative estimate of drug-likeness (QED) is 0.883. The second-order valence-electron chi connectivity index (χ2n) is 5.93. The maximum absolute atomic E-state index is 12.3. The van der Waals surface area contributed by atoms with Crippen molar-refractivity contribution in [3.8, 4) is 5.75 Å². The molecule has 1 amide bonds. The van der Waals surface area contributed by atoms with Crippen molar-refractivity contribution in [2.45, 2.75) is 18.6 Å². The number of carbonyl (C=O) groups is 1. The number of hydrogen-bond donors (Lipinski definition) is 2. The zero-order valence-corrected chi connectivity index (χ0v) is 13.7. The third-order valence-electron chi connectivity index (χ3n) is 4.32. The minimum absolute atomic E-state index is 0.0146. The third kappa shape index (κ3) is 3.51. The summed E-state index contributed by atoms with van der Waals surface area (Å²) in [6.07, 6.45) is -0.294. The van der Waals surface area contributed by atoms with Gasteiger partial charge in [0.1, 0.15) is 5.75 Å². The molecule has 0 radical (unpaired) electrons. The Bertz CT molecular complexity index is 690. The lowest BCUT2D eigenvalue weighted by Crippen LogP contribution is -2.39. The summed E-state index contributed by atoms with van der Waals surface area (Å²) in [5, 5.41) is 13.1. The van der Waals surface area contributed by atoms with Gasteiger partial charge in [0.25, 0.3) is 5.91 Å². The standard InChI is InChI=1S/C19H22N2O3/c1-24-17-10-6-5-9-16(17)21-12-11-15(13-21)20-19(23)18(22)14-7-3-2-4-8-14/h2-10,15,18,22H,11-13H2,1H3,(H,20,23). The van der Waals surface area contributed by atoms with Gasteiger partial charge in [-0.2, -0.15) is 0 Å². The Labute approximate surface area is 141 Å². The Kier molecular flexibility index (Phi) is 5.01. The summed E-state index contributed by atoms with van der Waals surface area (Å²) < 4.78 is 5.40. The van der Waals surface area contributed by atoms with Crippen LogP contribution in [0.1, 0.15) is 18.1 Å². The molecular formula is C19H22N2O3. The SMILES string of the molecule is COc1ccccc1N1CCC(NC(=O)C(O)c2ccccc2)C1. The molecule has 0 aliphatic carbocycles. The predicted octanol–water partition coefficient (Wildman–Crippen LogP) is 2.12. The minimum atomic E-state index is -1.13. The summed E-state index contributed by atoms with van der Waals surface area (Å²) in [4.78, 5) is 14.5. The van der Waals surface area contributed by atoms with Crippen LogP contribution in [0, 0.1) is 0 Å². The van der Waals surface area contributed by atoms with Gasteiger partial charge in [-0.1, -0.05) is 42.5 Å². The molecule has 1 aliphatic heterocycles. The van der Waals surface area contributed by atoms with Gasteiger partial charge in [0.2, 0.25) is 0 Å². The monoisotopic (exact) mass is 326 g/mol. The van der Waals surface area contributed by atoms with Crippen molar-refractivity contribution in [3.63, 3.8) is 0 Å². The lowest BCUT2D eigenvalue weighted by atomic mass is 10.1. The molecule has 0 aromatic heterocycles. The number of para-hydroxylation sites is 2. The maximum atomic E-state index is 12.3. The van der Waals surface area contributed by atoms with Crippen LogP contribution < -0.4 is 15.0 Å². The molecule has 126 valence electrons. The van der Waals surface area contributed by atoms with Gasteiger partial charge in [-0.25, -0.2) is 0 Å². The largest absolute Gasteiger partial charge is 0.495 e. The summed E-state index contributed by atoms with van der Waals surface area (Å²) in [7, 11) is 1.66. The number of hydrogen-bond acceptors (Lipinski definition) is 4. The van der Waals surface area contributed by atoms with Gasteiger partial charge in [0, 0.05) is 19.1 Å². The molecule has 2 aromatic carbocycles. The predicted molar refractivity (Wildman–Crippen MR) is 93.2 cm³/mol. The highest BCUT2D eigenvalue weighted by molar-refractivity contribution is 5.82. The van der Waals surface area contributed by atoms with E-state index in [1.165, 1.54) is 0 Å². The van der Waals surface area contributed by atoms with Crippen LogP contribution in [0.15, 0.2) is 54.6 Å². The fourth-order valence-corrected chi connectivity index (χ4v) is 3.05. The van der Waals surface area contributed by atoms with E-state index in [2.05, 4.69) is 10.2 Å². The van der Waals surface area contributed by atoms with E-state index in [4.69, 9.17) is 4.74 Å². The van der Waals surface area contributed by atoms with Crippen molar-refractivity contribution in [1.29, 1.82) is 0 Å². The zero-order valence-electron chi connectivity index (χ0n) is 13.7. The molecule has 0 saturated carbocycles. The average molecular weight is 326 g/mol. The van der Waals surface area contributed by atoms with Gasteiger partial charge < -0.3 is 20.1 Å². The number of nitrogens with zero attached hydrogens (tertiary/aromatic N) is 1. The number of amides is 1. The Morgan fingerprint density at radius 1 is 1.21 bits per heavy atom. The molecular weight excluding hydrogens is 304 g/mol. The van der Waals surface area contributed by atoms with E-state index in [0.717, 1.165) is 24.4 Å². The lowest BCUT2D eigenvalue weighted by molar-refractivity contribution is -0.130.